The van der Waals surface area contributed by atoms with Crippen LogP contribution in [-0.2, 0) is 4.74 Å². The number of aromatic nitrogens is 4. The Bertz CT molecular complexity index is 599. The molecule has 1 amide bonds. The molecule has 0 aromatic carbocycles. The summed E-state index contributed by atoms with van der Waals surface area (Å²) >= 11 is 0. The van der Waals surface area contributed by atoms with Crippen LogP contribution in [0.5, 0.6) is 0 Å². The van der Waals surface area contributed by atoms with E-state index in [1.165, 1.54) is 4.52 Å². The van der Waals surface area contributed by atoms with Gasteiger partial charge in [0.25, 0.3) is 5.91 Å². The average Bonchev–Trinajstić information content (AvgIpc) is 2.88. The minimum absolute atomic E-state index is 0.248. The Kier molecular flexibility index (Phi) is 3.10. The van der Waals surface area contributed by atoms with Crippen molar-refractivity contribution in [3.8, 4) is 0 Å². The molecule has 0 unspecified atom stereocenters. The van der Waals surface area contributed by atoms with Gasteiger partial charge < -0.3 is 15.2 Å². The summed E-state index contributed by atoms with van der Waals surface area (Å²) in [4.78, 5) is 12.1. The summed E-state index contributed by atoms with van der Waals surface area (Å²) in [6.07, 6.45) is 1.54. The van der Waals surface area contributed by atoms with Crippen molar-refractivity contribution in [3.63, 3.8) is 0 Å². The summed E-state index contributed by atoms with van der Waals surface area (Å²) in [5.74, 6) is -0.253. The number of hydrogen-bond acceptors (Lipinski definition) is 6. The van der Waals surface area contributed by atoms with Gasteiger partial charge >= 0.3 is 0 Å². The second kappa shape index (κ2) is 4.90. The van der Waals surface area contributed by atoms with Crippen molar-refractivity contribution in [1.82, 2.24) is 25.4 Å². The lowest BCUT2D eigenvalue weighted by Crippen LogP contribution is -2.48. The molecule has 1 aliphatic rings. The van der Waals surface area contributed by atoms with Crippen molar-refractivity contribution in [2.24, 2.45) is 0 Å². The Balaban J connectivity index is 1.75. The molecular weight excluding hydrogens is 250 g/mol. The Hall–Kier alpha value is -2.06. The number of nitrogens with zero attached hydrogens (tertiary/aromatic N) is 4. The molecule has 3 rings (SSSR count). The number of ether oxygens (including phenoxy) is 1. The number of nitrogens with one attached hydrogen (secondary N) is 1. The lowest BCUT2D eigenvalue weighted by molar-refractivity contribution is -0.0260. The van der Waals surface area contributed by atoms with Gasteiger partial charge in [0.1, 0.15) is 0 Å². The molecular formula is C11H13N5O3. The minimum atomic E-state index is -0.670. The van der Waals surface area contributed by atoms with Crippen molar-refractivity contribution in [2.75, 3.05) is 13.2 Å². The molecule has 0 radical (unpaired) electrons. The summed E-state index contributed by atoms with van der Waals surface area (Å²) in [6, 6.07) is 2.94. The van der Waals surface area contributed by atoms with Crippen LogP contribution in [-0.4, -0.2) is 56.4 Å². The smallest absolute Gasteiger partial charge is 0.251 e. The van der Waals surface area contributed by atoms with E-state index in [9.17, 15) is 9.90 Å². The van der Waals surface area contributed by atoms with Gasteiger partial charge in [0.2, 0.25) is 0 Å². The number of fused-ring (bicyclic) bond motifs is 1. The molecule has 0 saturated carbocycles. The summed E-state index contributed by atoms with van der Waals surface area (Å²) in [7, 11) is 0. The lowest BCUT2D eigenvalue weighted by atomic mass is 10.1. The monoisotopic (exact) mass is 263 g/mol. The van der Waals surface area contributed by atoms with Gasteiger partial charge in [-0.2, -0.15) is 0 Å². The summed E-state index contributed by atoms with van der Waals surface area (Å²) in [5.41, 5.74) is 0.959. The predicted octanol–water partition coefficient (Wildman–Crippen LogP) is -0.996. The van der Waals surface area contributed by atoms with Crippen molar-refractivity contribution >= 4 is 11.6 Å². The third-order valence-electron chi connectivity index (χ3n) is 3.10. The number of carbonyl (C=O) groups excluding carboxylic acids is 1. The molecule has 8 nitrogen and oxygen atoms in total. The number of aliphatic hydroxyl groups excluding tert-OH is 1. The Morgan fingerprint density at radius 1 is 1.58 bits per heavy atom. The van der Waals surface area contributed by atoms with Gasteiger partial charge in [-0.05, 0) is 29.0 Å². The Morgan fingerprint density at radius 3 is 3.32 bits per heavy atom. The molecule has 1 fully saturated rings. The van der Waals surface area contributed by atoms with Gasteiger partial charge in [0.15, 0.2) is 5.65 Å². The van der Waals surface area contributed by atoms with E-state index in [0.29, 0.717) is 24.2 Å². The van der Waals surface area contributed by atoms with Gasteiger partial charge in [0, 0.05) is 18.4 Å². The number of aliphatic hydroxyl groups is 1. The fraction of sp³-hybridized carbons (Fsp3) is 0.455. The van der Waals surface area contributed by atoms with E-state index in [4.69, 9.17) is 4.74 Å². The van der Waals surface area contributed by atoms with Crippen LogP contribution >= 0.6 is 0 Å². The molecule has 3 heterocycles. The Morgan fingerprint density at radius 2 is 2.47 bits per heavy atom. The van der Waals surface area contributed by atoms with Crippen LogP contribution in [0.15, 0.2) is 18.3 Å². The van der Waals surface area contributed by atoms with E-state index in [1.807, 2.05) is 0 Å². The topological polar surface area (TPSA) is 102 Å². The van der Waals surface area contributed by atoms with Crippen molar-refractivity contribution in [3.05, 3.63) is 23.9 Å². The molecule has 19 heavy (non-hydrogen) atoms. The van der Waals surface area contributed by atoms with Crippen LogP contribution in [0.25, 0.3) is 5.65 Å². The maximum Gasteiger partial charge on any atom is 0.251 e. The fourth-order valence-electron chi connectivity index (χ4n) is 2.02. The van der Waals surface area contributed by atoms with Crippen LogP contribution in [0.2, 0.25) is 0 Å². The third kappa shape index (κ3) is 2.40. The van der Waals surface area contributed by atoms with Crippen LogP contribution < -0.4 is 5.32 Å². The van der Waals surface area contributed by atoms with Crippen LogP contribution in [0.1, 0.15) is 16.8 Å². The summed E-state index contributed by atoms with van der Waals surface area (Å²) in [5, 5.41) is 23.5. The van der Waals surface area contributed by atoms with E-state index in [0.717, 1.165) is 0 Å². The summed E-state index contributed by atoms with van der Waals surface area (Å²) < 4.78 is 6.59. The van der Waals surface area contributed by atoms with E-state index in [-0.39, 0.29) is 18.6 Å². The van der Waals surface area contributed by atoms with E-state index in [2.05, 4.69) is 20.8 Å². The quantitative estimate of drug-likeness (QED) is 0.721. The van der Waals surface area contributed by atoms with Gasteiger partial charge in [-0.15, -0.1) is 5.10 Å². The third-order valence-corrected chi connectivity index (χ3v) is 3.10. The highest BCUT2D eigenvalue weighted by Crippen LogP contribution is 2.09. The van der Waals surface area contributed by atoms with Gasteiger partial charge in [-0.1, -0.05) is 0 Å². The lowest BCUT2D eigenvalue weighted by Gasteiger charge is -2.28. The zero-order valence-electron chi connectivity index (χ0n) is 10.1. The zero-order chi connectivity index (χ0) is 13.2. The molecule has 2 aromatic heterocycles. The van der Waals surface area contributed by atoms with Gasteiger partial charge in [-0.25, -0.2) is 4.52 Å². The van der Waals surface area contributed by atoms with Crippen LogP contribution in [0, 0.1) is 0 Å². The molecule has 2 N–H and O–H groups in total. The minimum Gasteiger partial charge on any atom is -0.389 e. The highest BCUT2D eigenvalue weighted by atomic mass is 16.5. The van der Waals surface area contributed by atoms with E-state index < -0.39 is 6.10 Å². The van der Waals surface area contributed by atoms with Crippen molar-refractivity contribution in [2.45, 2.75) is 18.6 Å². The molecule has 2 atom stereocenters. The van der Waals surface area contributed by atoms with E-state index in [1.54, 1.807) is 18.3 Å². The molecule has 2 aromatic rings. The first-order valence-corrected chi connectivity index (χ1v) is 5.98. The van der Waals surface area contributed by atoms with Crippen LogP contribution in [0.4, 0.5) is 0 Å². The molecule has 0 bridgehead atoms. The Labute approximate surface area is 108 Å². The van der Waals surface area contributed by atoms with Gasteiger partial charge in [0.05, 0.1) is 18.8 Å². The highest BCUT2D eigenvalue weighted by molar-refractivity contribution is 5.95. The normalized spacial score (nSPS) is 23.4. The summed E-state index contributed by atoms with van der Waals surface area (Å²) in [6.45, 7) is 0.785. The number of tetrazole rings is 1. The standard InChI is InChI=1S/C11H13N5O3/c17-9-6-19-4-2-8(9)12-11(18)7-1-3-16-10(5-7)13-14-15-16/h1,3,5,8-9,17H,2,4,6H2,(H,12,18)/t8-,9-/m1/s1. The maximum absolute atomic E-state index is 12.1. The first-order valence-electron chi connectivity index (χ1n) is 5.98. The molecule has 100 valence electrons. The SMILES string of the molecule is O=C(N[C@@H]1CCOC[C@H]1O)c1ccn2nnnc2c1. The largest absolute Gasteiger partial charge is 0.389 e. The molecule has 0 aliphatic carbocycles. The first kappa shape index (κ1) is 12.0. The van der Waals surface area contributed by atoms with Crippen LogP contribution in [0.3, 0.4) is 0 Å². The van der Waals surface area contributed by atoms with Gasteiger partial charge in [-0.3, -0.25) is 4.79 Å². The number of hydrogen-bond donors (Lipinski definition) is 2. The first-order chi connectivity index (χ1) is 9.24. The number of pyridine rings is 1. The predicted molar refractivity (Wildman–Crippen MR) is 63.5 cm³/mol. The fourth-order valence-corrected chi connectivity index (χ4v) is 2.02. The molecule has 0 spiro atoms. The molecule has 1 aliphatic heterocycles. The second-order valence-corrected chi connectivity index (χ2v) is 4.41. The maximum atomic E-state index is 12.1. The zero-order valence-corrected chi connectivity index (χ0v) is 10.1. The van der Waals surface area contributed by atoms with E-state index >= 15 is 0 Å². The number of rotatable bonds is 2. The highest BCUT2D eigenvalue weighted by Gasteiger charge is 2.25. The molecule has 8 heteroatoms. The molecule has 1 saturated heterocycles. The average molecular weight is 263 g/mol. The van der Waals surface area contributed by atoms with Crippen molar-refractivity contribution < 1.29 is 14.6 Å². The van der Waals surface area contributed by atoms with Crippen molar-refractivity contribution in [1.29, 1.82) is 0 Å². The number of carbonyl (C=O) groups is 1. The number of amides is 1. The second-order valence-electron chi connectivity index (χ2n) is 4.41.